The fourth-order valence-corrected chi connectivity index (χ4v) is 1.98. The zero-order chi connectivity index (χ0) is 17.2. The van der Waals surface area contributed by atoms with E-state index in [0.717, 1.165) is 11.3 Å². The average molecular weight is 332 g/mol. The largest absolute Gasteiger partial charge is 0.494 e. The van der Waals surface area contributed by atoms with E-state index in [1.54, 1.807) is 12.1 Å². The van der Waals surface area contributed by atoms with E-state index in [1.165, 1.54) is 12.1 Å². The summed E-state index contributed by atoms with van der Waals surface area (Å²) in [5.41, 5.74) is 0.831. The molecule has 0 saturated heterocycles. The van der Waals surface area contributed by atoms with Crippen LogP contribution in [0.25, 0.3) is 0 Å². The fourth-order valence-electron chi connectivity index (χ4n) is 1.98. The molecule has 0 aliphatic rings. The van der Waals surface area contributed by atoms with Crippen LogP contribution in [-0.4, -0.2) is 25.8 Å². The van der Waals surface area contributed by atoms with Crippen molar-refractivity contribution in [3.05, 3.63) is 59.9 Å². The molecule has 24 heavy (non-hydrogen) atoms. The van der Waals surface area contributed by atoms with Gasteiger partial charge in [0.05, 0.1) is 13.2 Å². The minimum atomic E-state index is -0.297. The number of rotatable bonds is 8. The average Bonchev–Trinajstić information content (AvgIpc) is 2.60. The van der Waals surface area contributed by atoms with Gasteiger partial charge in [-0.25, -0.2) is 9.18 Å². The van der Waals surface area contributed by atoms with Crippen LogP contribution in [0.2, 0.25) is 0 Å². The molecule has 5 nitrogen and oxygen atoms in total. The predicted octanol–water partition coefficient (Wildman–Crippen LogP) is 3.10. The summed E-state index contributed by atoms with van der Waals surface area (Å²) >= 11 is 0. The first-order chi connectivity index (χ1) is 11.7. The number of halogens is 1. The minimum Gasteiger partial charge on any atom is -0.494 e. The van der Waals surface area contributed by atoms with Crippen LogP contribution in [0, 0.1) is 5.82 Å². The van der Waals surface area contributed by atoms with Crippen molar-refractivity contribution in [3.8, 4) is 11.5 Å². The molecule has 0 heterocycles. The first-order valence-corrected chi connectivity index (χ1v) is 7.79. The Kier molecular flexibility index (Phi) is 6.89. The molecule has 0 saturated carbocycles. The smallest absolute Gasteiger partial charge is 0.315 e. The molecule has 0 spiro atoms. The summed E-state index contributed by atoms with van der Waals surface area (Å²) in [6.07, 6.45) is 0. The Balaban J connectivity index is 1.61. The van der Waals surface area contributed by atoms with Crippen LogP contribution in [0.3, 0.4) is 0 Å². The molecule has 0 bridgehead atoms. The molecule has 0 aromatic heterocycles. The highest BCUT2D eigenvalue weighted by molar-refractivity contribution is 5.73. The maximum Gasteiger partial charge on any atom is 0.315 e. The van der Waals surface area contributed by atoms with Crippen LogP contribution in [-0.2, 0) is 6.54 Å². The Morgan fingerprint density at radius 2 is 1.58 bits per heavy atom. The lowest BCUT2D eigenvalue weighted by atomic mass is 10.2. The zero-order valence-electron chi connectivity index (χ0n) is 13.5. The Hall–Kier alpha value is -2.76. The van der Waals surface area contributed by atoms with Crippen LogP contribution in [0.15, 0.2) is 48.5 Å². The third kappa shape index (κ3) is 6.16. The van der Waals surface area contributed by atoms with Crippen molar-refractivity contribution in [2.24, 2.45) is 0 Å². The molecule has 2 aromatic rings. The second-order valence-electron chi connectivity index (χ2n) is 4.99. The molecule has 0 atom stereocenters. The summed E-state index contributed by atoms with van der Waals surface area (Å²) in [5.74, 6) is 1.21. The number of amides is 2. The second kappa shape index (κ2) is 9.39. The minimum absolute atomic E-state index is 0.297. The van der Waals surface area contributed by atoms with E-state index in [9.17, 15) is 9.18 Å². The molecular formula is C18H21FN2O3. The zero-order valence-corrected chi connectivity index (χ0v) is 13.5. The molecule has 6 heteroatoms. The van der Waals surface area contributed by atoms with E-state index in [0.29, 0.717) is 32.1 Å². The second-order valence-corrected chi connectivity index (χ2v) is 4.99. The first-order valence-electron chi connectivity index (χ1n) is 7.79. The lowest BCUT2D eigenvalue weighted by Crippen LogP contribution is -2.37. The molecule has 0 aliphatic carbocycles. The SMILES string of the molecule is CCOc1ccc(OCCNC(=O)NCc2ccc(F)cc2)cc1. The maximum atomic E-state index is 12.8. The summed E-state index contributed by atoms with van der Waals surface area (Å²) in [6.45, 7) is 3.63. The summed E-state index contributed by atoms with van der Waals surface area (Å²) in [5, 5.41) is 5.39. The van der Waals surface area contributed by atoms with Gasteiger partial charge in [-0.3, -0.25) is 0 Å². The van der Waals surface area contributed by atoms with E-state index >= 15 is 0 Å². The van der Waals surface area contributed by atoms with E-state index in [1.807, 2.05) is 31.2 Å². The summed E-state index contributed by atoms with van der Waals surface area (Å²) < 4.78 is 23.6. The van der Waals surface area contributed by atoms with Gasteiger partial charge in [-0.15, -0.1) is 0 Å². The van der Waals surface area contributed by atoms with Crippen LogP contribution in [0.5, 0.6) is 11.5 Å². The lowest BCUT2D eigenvalue weighted by Gasteiger charge is -2.10. The number of ether oxygens (including phenoxy) is 2. The fraction of sp³-hybridized carbons (Fsp3) is 0.278. The molecule has 2 N–H and O–H groups in total. The quantitative estimate of drug-likeness (QED) is 0.730. The number of carbonyl (C=O) groups excluding carboxylic acids is 1. The van der Waals surface area contributed by atoms with Gasteiger partial charge < -0.3 is 20.1 Å². The Labute approximate surface area is 140 Å². The van der Waals surface area contributed by atoms with Gasteiger partial charge in [0.2, 0.25) is 0 Å². The Bertz CT molecular complexity index is 630. The Morgan fingerprint density at radius 3 is 2.21 bits per heavy atom. The molecule has 2 aromatic carbocycles. The third-order valence-corrected chi connectivity index (χ3v) is 3.16. The molecule has 0 aliphatic heterocycles. The number of carbonyl (C=O) groups is 1. The number of nitrogens with one attached hydrogen (secondary N) is 2. The number of benzene rings is 2. The molecule has 2 rings (SSSR count). The van der Waals surface area contributed by atoms with Crippen LogP contribution in [0.4, 0.5) is 9.18 Å². The standard InChI is InChI=1S/C18H21FN2O3/c1-2-23-16-7-9-17(10-8-16)24-12-11-20-18(22)21-13-14-3-5-15(19)6-4-14/h3-10H,2,11-13H2,1H3,(H2,20,21,22). The topological polar surface area (TPSA) is 59.6 Å². The van der Waals surface area contributed by atoms with Crippen molar-refractivity contribution in [1.29, 1.82) is 0 Å². The van der Waals surface area contributed by atoms with Crippen molar-refractivity contribution in [3.63, 3.8) is 0 Å². The van der Waals surface area contributed by atoms with Gasteiger partial charge in [-0.1, -0.05) is 12.1 Å². The van der Waals surface area contributed by atoms with Gasteiger partial charge in [0.1, 0.15) is 23.9 Å². The van der Waals surface area contributed by atoms with E-state index in [4.69, 9.17) is 9.47 Å². The normalized spacial score (nSPS) is 10.1. The number of hydrogen-bond donors (Lipinski definition) is 2. The van der Waals surface area contributed by atoms with Gasteiger partial charge in [0, 0.05) is 6.54 Å². The molecule has 0 fully saturated rings. The monoisotopic (exact) mass is 332 g/mol. The third-order valence-electron chi connectivity index (χ3n) is 3.16. The van der Waals surface area contributed by atoms with Crippen LogP contribution in [0.1, 0.15) is 12.5 Å². The highest BCUT2D eigenvalue weighted by Gasteiger charge is 2.01. The summed E-state index contributed by atoms with van der Waals surface area (Å²) in [6, 6.07) is 13.0. The summed E-state index contributed by atoms with van der Waals surface area (Å²) in [4.78, 5) is 11.6. The highest BCUT2D eigenvalue weighted by atomic mass is 19.1. The maximum absolute atomic E-state index is 12.8. The molecule has 128 valence electrons. The summed E-state index contributed by atoms with van der Waals surface area (Å²) in [7, 11) is 0. The van der Waals surface area contributed by atoms with Crippen molar-refractivity contribution in [1.82, 2.24) is 10.6 Å². The highest BCUT2D eigenvalue weighted by Crippen LogP contribution is 2.17. The Morgan fingerprint density at radius 1 is 0.958 bits per heavy atom. The van der Waals surface area contributed by atoms with Crippen LogP contribution < -0.4 is 20.1 Å². The van der Waals surface area contributed by atoms with Crippen molar-refractivity contribution >= 4 is 6.03 Å². The van der Waals surface area contributed by atoms with Crippen LogP contribution >= 0.6 is 0 Å². The molecule has 0 unspecified atom stereocenters. The number of hydrogen-bond acceptors (Lipinski definition) is 3. The van der Waals surface area contributed by atoms with E-state index < -0.39 is 0 Å². The van der Waals surface area contributed by atoms with Gasteiger partial charge in [-0.2, -0.15) is 0 Å². The van der Waals surface area contributed by atoms with Gasteiger partial charge in [0.25, 0.3) is 0 Å². The predicted molar refractivity (Wildman–Crippen MR) is 89.7 cm³/mol. The van der Waals surface area contributed by atoms with Crippen molar-refractivity contribution in [2.75, 3.05) is 19.8 Å². The lowest BCUT2D eigenvalue weighted by molar-refractivity contribution is 0.236. The molecular weight excluding hydrogens is 311 g/mol. The van der Waals surface area contributed by atoms with Gasteiger partial charge in [0.15, 0.2) is 0 Å². The van der Waals surface area contributed by atoms with Crippen molar-refractivity contribution < 1.29 is 18.7 Å². The van der Waals surface area contributed by atoms with Gasteiger partial charge in [-0.05, 0) is 48.9 Å². The number of urea groups is 1. The van der Waals surface area contributed by atoms with E-state index in [2.05, 4.69) is 10.6 Å². The van der Waals surface area contributed by atoms with E-state index in [-0.39, 0.29) is 11.8 Å². The first kappa shape index (κ1) is 17.6. The molecule has 0 radical (unpaired) electrons. The molecule has 2 amide bonds. The van der Waals surface area contributed by atoms with Gasteiger partial charge >= 0.3 is 6.03 Å². The van der Waals surface area contributed by atoms with Crippen molar-refractivity contribution in [2.45, 2.75) is 13.5 Å².